The lowest BCUT2D eigenvalue weighted by molar-refractivity contribution is -0.141. The number of carbonyl (C=O) groups excluding carboxylic acids is 2. The van der Waals surface area contributed by atoms with E-state index < -0.39 is 6.04 Å². The molecule has 172 valence electrons. The fourth-order valence-electron chi connectivity index (χ4n) is 3.85. The monoisotopic (exact) mass is 460 g/mol. The van der Waals surface area contributed by atoms with Gasteiger partial charge in [-0.15, -0.1) is 0 Å². The number of carbonyl (C=O) groups is 2. The maximum atomic E-state index is 13.3. The molecule has 2 aromatic rings. The minimum absolute atomic E-state index is 0.136. The van der Waals surface area contributed by atoms with Crippen molar-refractivity contribution in [3.05, 3.63) is 64.9 Å². The smallest absolute Gasteiger partial charge is 0.242 e. The molecule has 0 aliphatic heterocycles. The second-order valence-electron chi connectivity index (χ2n) is 8.22. The number of hydrogen-bond donors (Lipinski definition) is 1. The van der Waals surface area contributed by atoms with Crippen molar-refractivity contribution in [1.82, 2.24) is 10.2 Å². The summed E-state index contributed by atoms with van der Waals surface area (Å²) >= 11 is 5.87. The van der Waals surface area contributed by atoms with Crippen molar-refractivity contribution in [3.63, 3.8) is 0 Å². The van der Waals surface area contributed by atoms with Crippen molar-refractivity contribution in [1.29, 1.82) is 0 Å². The van der Waals surface area contributed by atoms with Crippen molar-refractivity contribution in [3.8, 4) is 5.75 Å². The van der Waals surface area contributed by atoms with Crippen LogP contribution in [0.3, 0.4) is 0 Å². The number of halogens is 2. The molecule has 0 saturated heterocycles. The van der Waals surface area contributed by atoms with Gasteiger partial charge in [-0.25, -0.2) is 4.39 Å². The lowest BCUT2D eigenvalue weighted by atomic mass is 10.1. The second kappa shape index (κ2) is 11.9. The van der Waals surface area contributed by atoms with E-state index in [9.17, 15) is 14.0 Å². The Morgan fingerprint density at radius 1 is 1.12 bits per heavy atom. The van der Waals surface area contributed by atoms with Crippen LogP contribution in [0, 0.1) is 5.82 Å². The van der Waals surface area contributed by atoms with E-state index in [4.69, 9.17) is 16.3 Å². The van der Waals surface area contributed by atoms with Crippen LogP contribution in [-0.4, -0.2) is 35.4 Å². The van der Waals surface area contributed by atoms with Gasteiger partial charge < -0.3 is 15.0 Å². The number of benzene rings is 2. The number of amides is 2. The number of hydrogen-bond acceptors (Lipinski definition) is 3. The summed E-state index contributed by atoms with van der Waals surface area (Å²) in [4.78, 5) is 27.5. The van der Waals surface area contributed by atoms with E-state index >= 15 is 0 Å². The average molecular weight is 461 g/mol. The van der Waals surface area contributed by atoms with Gasteiger partial charge in [0, 0.05) is 24.0 Å². The molecule has 32 heavy (non-hydrogen) atoms. The van der Waals surface area contributed by atoms with Gasteiger partial charge in [0.15, 0.2) is 0 Å². The molecule has 1 saturated carbocycles. The Bertz CT molecular complexity index is 883. The molecule has 1 aliphatic rings. The SMILES string of the molecule is C[C@H](C(=O)NC1CCCC1)N(Cc1ccc(F)cc1)C(=O)CCCOc1ccc(Cl)cc1. The first kappa shape index (κ1) is 24.1. The second-order valence-corrected chi connectivity index (χ2v) is 8.66. The molecule has 5 nitrogen and oxygen atoms in total. The van der Waals surface area contributed by atoms with Crippen LogP contribution < -0.4 is 10.1 Å². The highest BCUT2D eigenvalue weighted by Crippen LogP contribution is 2.19. The van der Waals surface area contributed by atoms with Crippen LogP contribution in [0.5, 0.6) is 5.75 Å². The summed E-state index contributed by atoms with van der Waals surface area (Å²) < 4.78 is 19.0. The Morgan fingerprint density at radius 3 is 2.44 bits per heavy atom. The van der Waals surface area contributed by atoms with E-state index in [0.717, 1.165) is 31.2 Å². The van der Waals surface area contributed by atoms with Gasteiger partial charge in [0.25, 0.3) is 0 Å². The van der Waals surface area contributed by atoms with Crippen LogP contribution in [0.4, 0.5) is 4.39 Å². The average Bonchev–Trinajstić information content (AvgIpc) is 3.30. The van der Waals surface area contributed by atoms with E-state index in [0.29, 0.717) is 23.8 Å². The highest BCUT2D eigenvalue weighted by atomic mass is 35.5. The zero-order chi connectivity index (χ0) is 22.9. The van der Waals surface area contributed by atoms with Gasteiger partial charge in [-0.2, -0.15) is 0 Å². The van der Waals surface area contributed by atoms with Gasteiger partial charge in [-0.3, -0.25) is 9.59 Å². The Balaban J connectivity index is 1.59. The van der Waals surface area contributed by atoms with Crippen molar-refractivity contribution in [2.45, 2.75) is 64.1 Å². The summed E-state index contributed by atoms with van der Waals surface area (Å²) in [5.74, 6) is 0.0696. The molecule has 0 unspecified atom stereocenters. The third-order valence-corrected chi connectivity index (χ3v) is 6.00. The molecular weight excluding hydrogens is 431 g/mol. The first-order chi connectivity index (χ1) is 15.4. The molecule has 0 bridgehead atoms. The summed E-state index contributed by atoms with van der Waals surface area (Å²) in [5.41, 5.74) is 0.776. The third-order valence-electron chi connectivity index (χ3n) is 5.75. The number of rotatable bonds is 10. The highest BCUT2D eigenvalue weighted by molar-refractivity contribution is 6.30. The summed E-state index contributed by atoms with van der Waals surface area (Å²) in [6, 6.07) is 12.6. The van der Waals surface area contributed by atoms with Gasteiger partial charge in [0.2, 0.25) is 11.8 Å². The molecule has 0 spiro atoms. The molecule has 1 aliphatic carbocycles. The van der Waals surface area contributed by atoms with E-state index in [1.807, 2.05) is 0 Å². The van der Waals surface area contributed by atoms with Crippen LogP contribution in [0.15, 0.2) is 48.5 Å². The van der Waals surface area contributed by atoms with Crippen LogP contribution >= 0.6 is 11.6 Å². The maximum Gasteiger partial charge on any atom is 0.242 e. The Labute approximate surface area is 193 Å². The van der Waals surface area contributed by atoms with Gasteiger partial charge in [0.1, 0.15) is 17.6 Å². The van der Waals surface area contributed by atoms with Gasteiger partial charge in [-0.05, 0) is 68.1 Å². The van der Waals surface area contributed by atoms with E-state index in [2.05, 4.69) is 5.32 Å². The zero-order valence-electron chi connectivity index (χ0n) is 18.4. The minimum atomic E-state index is -0.620. The summed E-state index contributed by atoms with van der Waals surface area (Å²) in [6.07, 6.45) is 4.95. The highest BCUT2D eigenvalue weighted by Gasteiger charge is 2.28. The van der Waals surface area contributed by atoms with Gasteiger partial charge >= 0.3 is 0 Å². The summed E-state index contributed by atoms with van der Waals surface area (Å²) in [7, 11) is 0. The third kappa shape index (κ3) is 7.23. The normalized spacial score (nSPS) is 14.7. The first-order valence-corrected chi connectivity index (χ1v) is 11.5. The number of nitrogens with one attached hydrogen (secondary N) is 1. The van der Waals surface area contributed by atoms with Crippen LogP contribution in [0.2, 0.25) is 5.02 Å². The largest absolute Gasteiger partial charge is 0.494 e. The van der Waals surface area contributed by atoms with E-state index in [1.165, 1.54) is 12.1 Å². The minimum Gasteiger partial charge on any atom is -0.494 e. The molecule has 1 N–H and O–H groups in total. The molecule has 2 amide bonds. The topological polar surface area (TPSA) is 58.6 Å². The van der Waals surface area contributed by atoms with Crippen LogP contribution in [0.25, 0.3) is 0 Å². The Hall–Kier alpha value is -2.60. The van der Waals surface area contributed by atoms with Crippen LogP contribution in [0.1, 0.15) is 51.0 Å². The molecule has 0 radical (unpaired) electrons. The first-order valence-electron chi connectivity index (χ1n) is 11.1. The van der Waals surface area contributed by atoms with Gasteiger partial charge in [-0.1, -0.05) is 36.6 Å². The quantitative estimate of drug-likeness (QED) is 0.501. The number of ether oxygens (including phenoxy) is 1. The molecule has 7 heteroatoms. The fourth-order valence-corrected chi connectivity index (χ4v) is 3.97. The molecule has 3 rings (SSSR count). The molecule has 0 heterocycles. The van der Waals surface area contributed by atoms with Crippen LogP contribution in [-0.2, 0) is 16.1 Å². The van der Waals surface area contributed by atoms with Crippen molar-refractivity contribution < 1.29 is 18.7 Å². The van der Waals surface area contributed by atoms with Crippen molar-refractivity contribution in [2.24, 2.45) is 0 Å². The molecular formula is C25H30ClFN2O3. The molecule has 1 atom stereocenters. The predicted octanol–water partition coefficient (Wildman–Crippen LogP) is 5.11. The van der Waals surface area contributed by atoms with E-state index in [-0.39, 0.29) is 36.6 Å². The zero-order valence-corrected chi connectivity index (χ0v) is 19.1. The van der Waals surface area contributed by atoms with E-state index in [1.54, 1.807) is 48.2 Å². The number of nitrogens with zero attached hydrogens (tertiary/aromatic N) is 1. The van der Waals surface area contributed by atoms with Gasteiger partial charge in [0.05, 0.1) is 6.61 Å². The lowest BCUT2D eigenvalue weighted by Gasteiger charge is -2.30. The Kier molecular flexibility index (Phi) is 8.91. The predicted molar refractivity (Wildman–Crippen MR) is 123 cm³/mol. The molecule has 2 aromatic carbocycles. The fraction of sp³-hybridized carbons (Fsp3) is 0.440. The van der Waals surface area contributed by atoms with Crippen molar-refractivity contribution >= 4 is 23.4 Å². The lowest BCUT2D eigenvalue weighted by Crippen LogP contribution is -2.49. The molecule has 0 aromatic heterocycles. The molecule has 1 fully saturated rings. The Morgan fingerprint density at radius 2 is 1.78 bits per heavy atom. The summed E-state index contributed by atoms with van der Waals surface area (Å²) in [5, 5.41) is 3.71. The summed E-state index contributed by atoms with van der Waals surface area (Å²) in [6.45, 7) is 2.37. The standard InChI is InChI=1S/C25H30ClFN2O3/c1-18(25(31)28-22-5-2-3-6-22)29(17-19-8-12-21(27)13-9-19)24(30)7-4-16-32-23-14-10-20(26)11-15-23/h8-15,18,22H,2-7,16-17H2,1H3,(H,28,31)/t18-/m1/s1. The maximum absolute atomic E-state index is 13.3. The van der Waals surface area contributed by atoms with Crippen molar-refractivity contribution in [2.75, 3.05) is 6.61 Å².